The first-order valence-corrected chi connectivity index (χ1v) is 11.3. The van der Waals surface area contributed by atoms with Gasteiger partial charge in [-0.2, -0.15) is 0 Å². The van der Waals surface area contributed by atoms with Crippen molar-refractivity contribution in [1.29, 1.82) is 0 Å². The molecule has 3 heterocycles. The summed E-state index contributed by atoms with van der Waals surface area (Å²) in [4.78, 5) is 31.1. The molecule has 2 aromatic heterocycles. The number of likely N-dealkylation sites (tertiary alicyclic amines) is 1. The van der Waals surface area contributed by atoms with Gasteiger partial charge in [0.1, 0.15) is 5.75 Å². The predicted molar refractivity (Wildman–Crippen MR) is 129 cm³/mol. The van der Waals surface area contributed by atoms with Gasteiger partial charge in [0.2, 0.25) is 11.9 Å². The van der Waals surface area contributed by atoms with Crippen molar-refractivity contribution in [3.05, 3.63) is 65.2 Å². The van der Waals surface area contributed by atoms with Crippen LogP contribution in [0, 0.1) is 13.8 Å². The van der Waals surface area contributed by atoms with E-state index in [0.717, 1.165) is 52.1 Å². The molecular weight excluding hydrogens is 414 g/mol. The monoisotopic (exact) mass is 445 g/mol. The van der Waals surface area contributed by atoms with E-state index in [-0.39, 0.29) is 11.9 Å². The number of carbonyl (C=O) groups excluding carboxylic acids is 1. The van der Waals surface area contributed by atoms with Crippen LogP contribution in [-0.2, 0) is 11.2 Å². The van der Waals surface area contributed by atoms with Gasteiger partial charge >= 0.3 is 0 Å². The summed E-state index contributed by atoms with van der Waals surface area (Å²) in [6.45, 7) is 4.78. The van der Waals surface area contributed by atoms with Crippen LogP contribution in [0.4, 0.5) is 5.95 Å². The number of hydrogen-bond acceptors (Lipinski definition) is 6. The topological polar surface area (TPSA) is 71.5 Å². The summed E-state index contributed by atoms with van der Waals surface area (Å²) < 4.78 is 5.50. The fourth-order valence-electron chi connectivity index (χ4n) is 4.50. The molecule has 1 aliphatic rings. The third kappa shape index (κ3) is 4.67. The van der Waals surface area contributed by atoms with Crippen LogP contribution in [0.1, 0.15) is 41.3 Å². The normalized spacial score (nSPS) is 15.5. The van der Waals surface area contributed by atoms with Crippen LogP contribution in [-0.4, -0.2) is 53.5 Å². The number of benzene rings is 1. The molecule has 3 aromatic rings. The summed E-state index contributed by atoms with van der Waals surface area (Å²) in [7, 11) is 5.50. The number of rotatable bonds is 6. The van der Waals surface area contributed by atoms with Crippen LogP contribution in [0.15, 0.2) is 42.9 Å². The van der Waals surface area contributed by atoms with Crippen molar-refractivity contribution < 1.29 is 9.53 Å². The Hall–Kier alpha value is -3.48. The average molecular weight is 446 g/mol. The van der Waals surface area contributed by atoms with Gasteiger partial charge in [-0.05, 0) is 49.9 Å². The highest BCUT2D eigenvalue weighted by Crippen LogP contribution is 2.38. The van der Waals surface area contributed by atoms with Crippen LogP contribution >= 0.6 is 0 Å². The Labute approximate surface area is 195 Å². The number of hydrogen-bond donors (Lipinski definition) is 0. The molecule has 0 spiro atoms. The minimum Gasteiger partial charge on any atom is -0.496 e. The second kappa shape index (κ2) is 9.57. The van der Waals surface area contributed by atoms with Gasteiger partial charge in [0, 0.05) is 50.4 Å². The van der Waals surface area contributed by atoms with Crippen molar-refractivity contribution in [2.75, 3.05) is 32.6 Å². The molecule has 1 fully saturated rings. The van der Waals surface area contributed by atoms with Crippen molar-refractivity contribution >= 4 is 11.9 Å². The number of ether oxygens (including phenoxy) is 1. The quantitative estimate of drug-likeness (QED) is 0.568. The molecule has 1 amide bonds. The fraction of sp³-hybridized carbons (Fsp3) is 0.385. The summed E-state index contributed by atoms with van der Waals surface area (Å²) in [5.74, 6) is 1.47. The summed E-state index contributed by atoms with van der Waals surface area (Å²) >= 11 is 0. The fourth-order valence-corrected chi connectivity index (χ4v) is 4.50. The van der Waals surface area contributed by atoms with Gasteiger partial charge in [0.05, 0.1) is 25.3 Å². The smallest absolute Gasteiger partial charge is 0.227 e. The second-order valence-corrected chi connectivity index (χ2v) is 8.79. The summed E-state index contributed by atoms with van der Waals surface area (Å²) in [5.41, 5.74) is 5.97. The highest BCUT2D eigenvalue weighted by Gasteiger charge is 2.33. The van der Waals surface area contributed by atoms with Crippen molar-refractivity contribution in [3.63, 3.8) is 0 Å². The number of amides is 1. The summed E-state index contributed by atoms with van der Waals surface area (Å²) in [6.07, 6.45) is 7.63. The molecule has 7 heteroatoms. The zero-order valence-corrected chi connectivity index (χ0v) is 20.0. The molecule has 1 aromatic carbocycles. The van der Waals surface area contributed by atoms with E-state index in [4.69, 9.17) is 9.72 Å². The molecule has 0 radical (unpaired) electrons. The van der Waals surface area contributed by atoms with Crippen LogP contribution in [0.2, 0.25) is 0 Å². The van der Waals surface area contributed by atoms with Crippen LogP contribution in [0.3, 0.4) is 0 Å². The van der Waals surface area contributed by atoms with Crippen molar-refractivity contribution in [3.8, 4) is 16.9 Å². The van der Waals surface area contributed by atoms with Gasteiger partial charge in [-0.1, -0.05) is 17.7 Å². The Balaban J connectivity index is 1.72. The molecule has 0 bridgehead atoms. The maximum Gasteiger partial charge on any atom is 0.227 e. The Kier molecular flexibility index (Phi) is 6.58. The van der Waals surface area contributed by atoms with Gasteiger partial charge in [-0.3, -0.25) is 9.78 Å². The minimum atomic E-state index is -0.0995. The maximum absolute atomic E-state index is 13.5. The van der Waals surface area contributed by atoms with Crippen molar-refractivity contribution in [2.24, 2.45) is 0 Å². The van der Waals surface area contributed by atoms with E-state index in [9.17, 15) is 4.79 Å². The summed E-state index contributed by atoms with van der Waals surface area (Å²) in [5, 5.41) is 0. The molecule has 7 nitrogen and oxygen atoms in total. The standard InChI is InChI=1S/C26H31N5O2/c1-17-8-9-23(33-5)19(13-17)14-24(32)31-12-6-7-22(31)25-21(16-28-26(29-25)30(3)4)20-10-11-27-15-18(20)2/h8-11,13,15-16,22H,6-7,12,14H2,1-5H3/t22-/m0/s1. The van der Waals surface area contributed by atoms with E-state index in [1.165, 1.54) is 0 Å². The van der Waals surface area contributed by atoms with Gasteiger partial charge in [-0.25, -0.2) is 9.97 Å². The highest BCUT2D eigenvalue weighted by molar-refractivity contribution is 5.81. The molecule has 33 heavy (non-hydrogen) atoms. The lowest BCUT2D eigenvalue weighted by Gasteiger charge is -2.27. The minimum absolute atomic E-state index is 0.0869. The lowest BCUT2D eigenvalue weighted by atomic mass is 9.97. The van der Waals surface area contributed by atoms with Crippen LogP contribution in [0.25, 0.3) is 11.1 Å². The first-order chi connectivity index (χ1) is 15.9. The molecule has 0 saturated carbocycles. The molecule has 0 unspecified atom stereocenters. The number of aryl methyl sites for hydroxylation is 2. The Morgan fingerprint density at radius 1 is 1.18 bits per heavy atom. The predicted octanol–water partition coefficient (Wildman–Crippen LogP) is 4.14. The van der Waals surface area contributed by atoms with Gasteiger partial charge < -0.3 is 14.5 Å². The molecule has 0 N–H and O–H groups in total. The van der Waals surface area contributed by atoms with E-state index < -0.39 is 0 Å². The molecule has 1 saturated heterocycles. The van der Waals surface area contributed by atoms with Gasteiger partial charge in [0.25, 0.3) is 0 Å². The lowest BCUT2D eigenvalue weighted by Crippen LogP contribution is -2.33. The maximum atomic E-state index is 13.5. The van der Waals surface area contributed by atoms with E-state index in [2.05, 4.69) is 9.97 Å². The average Bonchev–Trinajstić information content (AvgIpc) is 3.29. The van der Waals surface area contributed by atoms with E-state index in [1.807, 2.05) is 74.4 Å². The van der Waals surface area contributed by atoms with E-state index >= 15 is 0 Å². The Morgan fingerprint density at radius 2 is 2.00 bits per heavy atom. The highest BCUT2D eigenvalue weighted by atomic mass is 16.5. The molecule has 172 valence electrons. The second-order valence-electron chi connectivity index (χ2n) is 8.79. The zero-order chi connectivity index (χ0) is 23.5. The van der Waals surface area contributed by atoms with Crippen molar-refractivity contribution in [2.45, 2.75) is 39.2 Å². The molecule has 1 atom stereocenters. The van der Waals surface area contributed by atoms with Crippen LogP contribution in [0.5, 0.6) is 5.75 Å². The molecule has 0 aliphatic carbocycles. The number of nitrogens with zero attached hydrogens (tertiary/aromatic N) is 5. The Bertz CT molecular complexity index is 1160. The molecular formula is C26H31N5O2. The van der Waals surface area contributed by atoms with E-state index in [1.54, 1.807) is 13.3 Å². The Morgan fingerprint density at radius 3 is 2.73 bits per heavy atom. The van der Waals surface area contributed by atoms with Crippen molar-refractivity contribution in [1.82, 2.24) is 19.9 Å². The lowest BCUT2D eigenvalue weighted by molar-refractivity contribution is -0.131. The number of pyridine rings is 1. The number of aromatic nitrogens is 3. The molecule has 4 rings (SSSR count). The zero-order valence-electron chi connectivity index (χ0n) is 20.0. The number of carbonyl (C=O) groups is 1. The largest absolute Gasteiger partial charge is 0.496 e. The SMILES string of the molecule is COc1ccc(C)cc1CC(=O)N1CCC[C@H]1c1nc(N(C)C)ncc1-c1ccncc1C. The first-order valence-electron chi connectivity index (χ1n) is 11.3. The van der Waals surface area contributed by atoms with Gasteiger partial charge in [-0.15, -0.1) is 0 Å². The third-order valence-electron chi connectivity index (χ3n) is 6.18. The van der Waals surface area contributed by atoms with Gasteiger partial charge in [0.15, 0.2) is 0 Å². The number of methoxy groups -OCH3 is 1. The molecule has 1 aliphatic heterocycles. The van der Waals surface area contributed by atoms with E-state index in [0.29, 0.717) is 18.9 Å². The van der Waals surface area contributed by atoms with Crippen LogP contribution < -0.4 is 9.64 Å². The first kappa shape index (κ1) is 22.7. The third-order valence-corrected chi connectivity index (χ3v) is 6.18. The number of anilines is 1. The summed E-state index contributed by atoms with van der Waals surface area (Å²) in [6, 6.07) is 7.85.